The SMILES string of the molecule is C=CCc1ccc(OC)c(-c2ccc(OCCCCCCCCCCOC(=O)Cc3c4[n+](cc5c(OC)c(OC)ccc35)CCc3cc5c(cc3-4)OCO5)c(CC=C)c2)c1. The first kappa shape index (κ1) is 42.2. The molecule has 9 heteroatoms. The predicted octanol–water partition coefficient (Wildman–Crippen LogP) is 10.5. The molecule has 5 aromatic rings. The van der Waals surface area contributed by atoms with E-state index in [2.05, 4.69) is 60.3 Å². The van der Waals surface area contributed by atoms with E-state index in [-0.39, 0.29) is 19.2 Å². The molecule has 0 saturated heterocycles. The fourth-order valence-electron chi connectivity index (χ4n) is 8.49. The largest absolute Gasteiger partial charge is 0.496 e. The molecule has 0 spiro atoms. The van der Waals surface area contributed by atoms with Crippen molar-refractivity contribution in [3.8, 4) is 56.9 Å². The van der Waals surface area contributed by atoms with Gasteiger partial charge in [-0.3, -0.25) is 4.79 Å². The summed E-state index contributed by atoms with van der Waals surface area (Å²) in [5.41, 5.74) is 8.60. The average molecular weight is 813 g/mol. The number of pyridine rings is 1. The van der Waals surface area contributed by atoms with E-state index in [0.29, 0.717) is 24.7 Å². The number of aromatic nitrogens is 1. The summed E-state index contributed by atoms with van der Waals surface area (Å²) in [6, 6.07) is 20.7. The van der Waals surface area contributed by atoms with Gasteiger partial charge in [-0.15, -0.1) is 13.2 Å². The molecule has 2 aliphatic rings. The van der Waals surface area contributed by atoms with Crippen LogP contribution in [0.15, 0.2) is 92.2 Å². The van der Waals surface area contributed by atoms with E-state index >= 15 is 0 Å². The normalized spacial score (nSPS) is 12.4. The summed E-state index contributed by atoms with van der Waals surface area (Å²) in [5.74, 6) is 4.30. The molecule has 0 amide bonds. The van der Waals surface area contributed by atoms with Gasteiger partial charge in [0.15, 0.2) is 35.7 Å². The topological polar surface area (TPSA) is 85.6 Å². The van der Waals surface area contributed by atoms with Crippen LogP contribution in [-0.4, -0.2) is 47.3 Å². The minimum atomic E-state index is -0.239. The van der Waals surface area contributed by atoms with Gasteiger partial charge in [0.1, 0.15) is 11.5 Å². The lowest BCUT2D eigenvalue weighted by atomic mass is 9.90. The molecule has 314 valence electrons. The zero-order valence-electron chi connectivity index (χ0n) is 35.4. The highest BCUT2D eigenvalue weighted by atomic mass is 16.7. The van der Waals surface area contributed by atoms with Gasteiger partial charge in [-0.05, 0) is 96.5 Å². The number of esters is 1. The summed E-state index contributed by atoms with van der Waals surface area (Å²) in [5, 5.41) is 1.83. The number of fused-ring (bicyclic) bond motifs is 5. The highest BCUT2D eigenvalue weighted by Crippen LogP contribution is 2.44. The summed E-state index contributed by atoms with van der Waals surface area (Å²) in [6.45, 7) is 9.92. The Balaban J connectivity index is 0.856. The zero-order valence-corrected chi connectivity index (χ0v) is 35.4. The summed E-state index contributed by atoms with van der Waals surface area (Å²) in [6.07, 6.45) is 17.1. The minimum Gasteiger partial charge on any atom is -0.496 e. The Kier molecular flexibility index (Phi) is 14.3. The first-order valence-corrected chi connectivity index (χ1v) is 21.3. The number of methoxy groups -OCH3 is 3. The molecule has 1 aromatic heterocycles. The van der Waals surface area contributed by atoms with Gasteiger partial charge in [-0.1, -0.05) is 62.8 Å². The number of allylic oxidation sites excluding steroid dienone is 2. The third-order valence-electron chi connectivity index (χ3n) is 11.5. The fourth-order valence-corrected chi connectivity index (χ4v) is 8.49. The van der Waals surface area contributed by atoms with Gasteiger partial charge in [0.05, 0.1) is 51.9 Å². The number of carbonyl (C=O) groups excluding carboxylic acids is 1. The van der Waals surface area contributed by atoms with Gasteiger partial charge in [-0.2, -0.15) is 4.57 Å². The van der Waals surface area contributed by atoms with Crippen molar-refractivity contribution in [1.29, 1.82) is 0 Å². The molecular formula is C51H58NO8+. The molecule has 0 radical (unpaired) electrons. The van der Waals surface area contributed by atoms with Crippen LogP contribution < -0.4 is 33.0 Å². The number of nitrogens with zero attached hydrogens (tertiary/aromatic N) is 1. The smallest absolute Gasteiger partial charge is 0.310 e. The number of rotatable bonds is 22. The number of carbonyl (C=O) groups is 1. The van der Waals surface area contributed by atoms with E-state index < -0.39 is 0 Å². The van der Waals surface area contributed by atoms with Crippen LogP contribution in [0, 0.1) is 0 Å². The maximum absolute atomic E-state index is 13.5. The van der Waals surface area contributed by atoms with Crippen LogP contribution >= 0.6 is 0 Å². The quantitative estimate of drug-likeness (QED) is 0.0296. The lowest BCUT2D eigenvalue weighted by molar-refractivity contribution is -0.686. The minimum absolute atomic E-state index is 0.140. The monoisotopic (exact) mass is 812 g/mol. The lowest BCUT2D eigenvalue weighted by Crippen LogP contribution is -2.41. The predicted molar refractivity (Wildman–Crippen MR) is 236 cm³/mol. The Labute approximate surface area is 354 Å². The van der Waals surface area contributed by atoms with Crippen LogP contribution in [0.2, 0.25) is 0 Å². The number of benzene rings is 4. The second-order valence-corrected chi connectivity index (χ2v) is 15.4. The number of aryl methyl sites for hydroxylation is 2. The van der Waals surface area contributed by atoms with Gasteiger partial charge in [0, 0.05) is 22.9 Å². The molecular weight excluding hydrogens is 755 g/mol. The molecule has 7 rings (SSSR count). The number of ether oxygens (including phenoxy) is 7. The van der Waals surface area contributed by atoms with Crippen molar-refractivity contribution in [3.05, 3.63) is 114 Å². The fraction of sp³-hybridized carbons (Fsp3) is 0.373. The Morgan fingerprint density at radius 1 is 0.717 bits per heavy atom. The maximum Gasteiger partial charge on any atom is 0.310 e. The van der Waals surface area contributed by atoms with Crippen molar-refractivity contribution < 1.29 is 42.5 Å². The van der Waals surface area contributed by atoms with E-state index in [1.807, 2.05) is 36.4 Å². The first-order valence-electron chi connectivity index (χ1n) is 21.3. The van der Waals surface area contributed by atoms with Crippen molar-refractivity contribution in [2.24, 2.45) is 0 Å². The average Bonchev–Trinajstić information content (AvgIpc) is 3.73. The van der Waals surface area contributed by atoms with Gasteiger partial charge >= 0.3 is 5.97 Å². The van der Waals surface area contributed by atoms with Crippen molar-refractivity contribution >= 4 is 16.7 Å². The number of hydrogen-bond acceptors (Lipinski definition) is 8. The highest BCUT2D eigenvalue weighted by molar-refractivity contribution is 5.97. The zero-order chi connectivity index (χ0) is 41.8. The molecule has 0 unspecified atom stereocenters. The van der Waals surface area contributed by atoms with E-state index in [1.54, 1.807) is 21.3 Å². The van der Waals surface area contributed by atoms with E-state index in [9.17, 15) is 4.79 Å². The van der Waals surface area contributed by atoms with Crippen LogP contribution in [-0.2, 0) is 41.8 Å². The highest BCUT2D eigenvalue weighted by Gasteiger charge is 2.33. The maximum atomic E-state index is 13.5. The molecule has 3 heterocycles. The molecule has 0 fully saturated rings. The molecule has 0 atom stereocenters. The molecule has 0 saturated carbocycles. The van der Waals surface area contributed by atoms with Crippen LogP contribution in [0.4, 0.5) is 0 Å². The van der Waals surface area contributed by atoms with Crippen molar-refractivity contribution in [3.63, 3.8) is 0 Å². The number of hydrogen-bond donors (Lipinski definition) is 0. The summed E-state index contributed by atoms with van der Waals surface area (Å²) in [7, 11) is 4.99. The summed E-state index contributed by atoms with van der Waals surface area (Å²) in [4.78, 5) is 13.5. The molecule has 9 nitrogen and oxygen atoms in total. The van der Waals surface area contributed by atoms with E-state index in [0.717, 1.165) is 125 Å². The van der Waals surface area contributed by atoms with E-state index in [1.165, 1.54) is 30.4 Å². The van der Waals surface area contributed by atoms with Gasteiger partial charge in [0.25, 0.3) is 0 Å². The molecule has 2 aliphatic heterocycles. The molecule has 60 heavy (non-hydrogen) atoms. The Morgan fingerprint density at radius 3 is 2.15 bits per heavy atom. The molecule has 4 aromatic carbocycles. The van der Waals surface area contributed by atoms with Crippen molar-refractivity contribution in [1.82, 2.24) is 0 Å². The molecule has 0 N–H and O–H groups in total. The summed E-state index contributed by atoms with van der Waals surface area (Å²) < 4.78 is 42.9. The third-order valence-corrected chi connectivity index (χ3v) is 11.5. The van der Waals surface area contributed by atoms with Gasteiger partial charge in [-0.25, -0.2) is 0 Å². The van der Waals surface area contributed by atoms with Crippen LogP contribution in [0.3, 0.4) is 0 Å². The first-order chi connectivity index (χ1) is 29.5. The standard InChI is InChI=1S/C51H58NO8/c1-6-16-35-18-21-45(54-3)40(28-35)36-19-22-44(38(29-36)17-7-2)57-26-14-12-10-8-9-11-13-15-27-58-49(53)32-42-39-20-23-46(55-4)51(56-5)43(39)33-52-25-24-37-30-47-48(60-34-59-47)31-41(37)50(42)52/h6-7,18-23,28-31,33H,1-2,8-17,24-27,32,34H2,3-5H3/q+1. The van der Waals surface area contributed by atoms with Crippen LogP contribution in [0.1, 0.15) is 73.6 Å². The Bertz CT molecular complexity index is 2330. The second-order valence-electron chi connectivity index (χ2n) is 15.4. The Morgan fingerprint density at radius 2 is 1.42 bits per heavy atom. The third kappa shape index (κ3) is 9.57. The molecule has 0 bridgehead atoms. The number of unbranched alkanes of at least 4 members (excludes halogenated alkanes) is 7. The van der Waals surface area contributed by atoms with Crippen LogP contribution in [0.25, 0.3) is 33.2 Å². The Hall–Kier alpha value is -5.96. The van der Waals surface area contributed by atoms with Crippen molar-refractivity contribution in [2.75, 3.05) is 41.3 Å². The van der Waals surface area contributed by atoms with Crippen molar-refractivity contribution in [2.45, 2.75) is 83.6 Å². The second kappa shape index (κ2) is 20.3. The van der Waals surface area contributed by atoms with E-state index in [4.69, 9.17) is 33.2 Å². The van der Waals surface area contributed by atoms with Gasteiger partial charge in [0.2, 0.25) is 12.5 Å². The van der Waals surface area contributed by atoms with Gasteiger partial charge < -0.3 is 33.2 Å². The summed E-state index contributed by atoms with van der Waals surface area (Å²) >= 11 is 0. The molecule has 0 aliphatic carbocycles. The van der Waals surface area contributed by atoms with Crippen LogP contribution in [0.5, 0.6) is 34.5 Å². The lowest BCUT2D eigenvalue weighted by Gasteiger charge is -2.20.